The molecule has 0 spiro atoms. The molecule has 3 heteroatoms. The van der Waals surface area contributed by atoms with Gasteiger partial charge in [0, 0.05) is 18.0 Å². The summed E-state index contributed by atoms with van der Waals surface area (Å²) >= 11 is 0. The molecule has 1 saturated carbocycles. The van der Waals surface area contributed by atoms with Gasteiger partial charge in [0.25, 0.3) is 0 Å². The van der Waals surface area contributed by atoms with Gasteiger partial charge in [-0.2, -0.15) is 0 Å². The van der Waals surface area contributed by atoms with Gasteiger partial charge in [-0.05, 0) is 43.2 Å². The van der Waals surface area contributed by atoms with E-state index in [2.05, 4.69) is 29.6 Å². The topological polar surface area (TPSA) is 55.1 Å². The van der Waals surface area contributed by atoms with E-state index in [0.717, 1.165) is 32.1 Å². The van der Waals surface area contributed by atoms with E-state index in [4.69, 9.17) is 5.73 Å². The van der Waals surface area contributed by atoms with Crippen LogP contribution in [0.1, 0.15) is 56.1 Å². The molecule has 0 radical (unpaired) electrons. The predicted molar refractivity (Wildman–Crippen MR) is 89.6 cm³/mol. The molecule has 0 saturated heterocycles. The van der Waals surface area contributed by atoms with Crippen LogP contribution in [0.4, 0.5) is 0 Å². The molecule has 2 aliphatic rings. The average Bonchev–Trinajstić information content (AvgIpc) is 2.77. The lowest BCUT2D eigenvalue weighted by Gasteiger charge is -2.30. The number of rotatable bonds is 3. The first-order valence-electron chi connectivity index (χ1n) is 8.80. The smallest absolute Gasteiger partial charge is 0.223 e. The molecule has 3 nitrogen and oxygen atoms in total. The highest BCUT2D eigenvalue weighted by molar-refractivity contribution is 5.79. The molecule has 0 unspecified atom stereocenters. The number of hydrogen-bond donors (Lipinski definition) is 2. The Morgan fingerprint density at radius 3 is 2.55 bits per heavy atom. The van der Waals surface area contributed by atoms with Gasteiger partial charge in [-0.1, -0.05) is 49.9 Å². The maximum atomic E-state index is 12.5. The van der Waals surface area contributed by atoms with Crippen molar-refractivity contribution in [1.82, 2.24) is 5.32 Å². The van der Waals surface area contributed by atoms with E-state index in [1.165, 1.54) is 36.8 Å². The first-order valence-corrected chi connectivity index (χ1v) is 8.80. The third-order valence-corrected chi connectivity index (χ3v) is 5.43. The van der Waals surface area contributed by atoms with E-state index < -0.39 is 0 Å². The zero-order chi connectivity index (χ0) is 15.4. The number of carbonyl (C=O) groups is 1. The van der Waals surface area contributed by atoms with E-state index in [-0.39, 0.29) is 17.4 Å². The van der Waals surface area contributed by atoms with Crippen LogP contribution in [0.2, 0.25) is 0 Å². The van der Waals surface area contributed by atoms with Crippen LogP contribution in [0, 0.1) is 5.92 Å². The molecule has 0 aromatic heterocycles. The van der Waals surface area contributed by atoms with Gasteiger partial charge in [0.1, 0.15) is 0 Å². The molecule has 3 N–H and O–H groups in total. The molecule has 0 heterocycles. The highest BCUT2D eigenvalue weighted by atomic mass is 16.1. The number of amides is 1. The molecule has 1 aromatic carbocycles. The van der Waals surface area contributed by atoms with Gasteiger partial charge in [-0.25, -0.2) is 0 Å². The third-order valence-electron chi connectivity index (χ3n) is 5.43. The van der Waals surface area contributed by atoms with Crippen LogP contribution >= 0.6 is 0 Å². The van der Waals surface area contributed by atoms with Crippen molar-refractivity contribution < 1.29 is 4.79 Å². The Bertz CT molecular complexity index is 518. The Morgan fingerprint density at radius 1 is 1.14 bits per heavy atom. The second-order valence-electron chi connectivity index (χ2n) is 7.20. The van der Waals surface area contributed by atoms with E-state index in [1.807, 2.05) is 0 Å². The molecule has 0 bridgehead atoms. The van der Waals surface area contributed by atoms with Crippen molar-refractivity contribution in [2.24, 2.45) is 11.7 Å². The van der Waals surface area contributed by atoms with Crippen molar-refractivity contribution in [1.29, 1.82) is 0 Å². The lowest BCUT2D eigenvalue weighted by atomic mass is 9.83. The average molecular weight is 300 g/mol. The first-order chi connectivity index (χ1) is 10.7. The molecule has 3 rings (SSSR count). The second-order valence-corrected chi connectivity index (χ2v) is 7.20. The Hall–Kier alpha value is -1.35. The van der Waals surface area contributed by atoms with Crippen LogP contribution in [0.15, 0.2) is 24.3 Å². The predicted octanol–water partition coefficient (Wildman–Crippen LogP) is 2.96. The fraction of sp³-hybridized carbons (Fsp3) is 0.632. The van der Waals surface area contributed by atoms with Gasteiger partial charge in [0.05, 0.1) is 0 Å². The fourth-order valence-corrected chi connectivity index (χ4v) is 3.94. The normalized spacial score (nSPS) is 24.1. The molecule has 1 aromatic rings. The monoisotopic (exact) mass is 300 g/mol. The van der Waals surface area contributed by atoms with Gasteiger partial charge in [-0.3, -0.25) is 4.79 Å². The summed E-state index contributed by atoms with van der Waals surface area (Å²) < 4.78 is 0. The lowest BCUT2D eigenvalue weighted by Crippen LogP contribution is -2.51. The Labute approximate surface area is 133 Å². The van der Waals surface area contributed by atoms with E-state index in [1.54, 1.807) is 0 Å². The number of carbonyl (C=O) groups excluding carboxylic acids is 1. The minimum Gasteiger partial charge on any atom is -0.354 e. The van der Waals surface area contributed by atoms with Gasteiger partial charge < -0.3 is 11.1 Å². The standard InChI is InChI=1S/C19H28N2O/c20-19(11-5-1-2-6-12-19)14-21-18(22)17-10-9-15-7-3-4-8-16(15)13-17/h3-4,7-8,17H,1-2,5-6,9-14,20H2,(H,21,22)/t17-/m0/s1. The molecular formula is C19H28N2O. The zero-order valence-electron chi connectivity index (χ0n) is 13.4. The number of benzene rings is 1. The number of hydrogen-bond acceptors (Lipinski definition) is 2. The number of fused-ring (bicyclic) bond motifs is 1. The van der Waals surface area contributed by atoms with Gasteiger partial charge in [0.2, 0.25) is 5.91 Å². The van der Waals surface area contributed by atoms with Gasteiger partial charge in [0.15, 0.2) is 0 Å². The summed E-state index contributed by atoms with van der Waals surface area (Å²) in [5.41, 5.74) is 9.06. The maximum Gasteiger partial charge on any atom is 0.223 e. The summed E-state index contributed by atoms with van der Waals surface area (Å²) in [5, 5.41) is 3.16. The van der Waals surface area contributed by atoms with E-state index in [9.17, 15) is 4.79 Å². The van der Waals surface area contributed by atoms with Crippen molar-refractivity contribution in [3.05, 3.63) is 35.4 Å². The highest BCUT2D eigenvalue weighted by Gasteiger charge is 2.29. The van der Waals surface area contributed by atoms with Gasteiger partial charge >= 0.3 is 0 Å². The molecule has 1 atom stereocenters. The second kappa shape index (κ2) is 6.82. The van der Waals surface area contributed by atoms with Crippen molar-refractivity contribution in [2.45, 2.75) is 63.3 Å². The maximum absolute atomic E-state index is 12.5. The van der Waals surface area contributed by atoms with Crippen LogP contribution in [0.25, 0.3) is 0 Å². The van der Waals surface area contributed by atoms with Crippen LogP contribution in [0.5, 0.6) is 0 Å². The Morgan fingerprint density at radius 2 is 1.82 bits per heavy atom. The number of nitrogens with two attached hydrogens (primary N) is 1. The summed E-state index contributed by atoms with van der Waals surface area (Å²) in [6.45, 7) is 0.643. The van der Waals surface area contributed by atoms with Crippen LogP contribution in [-0.2, 0) is 17.6 Å². The zero-order valence-corrected chi connectivity index (χ0v) is 13.4. The van der Waals surface area contributed by atoms with Crippen molar-refractivity contribution >= 4 is 5.91 Å². The highest BCUT2D eigenvalue weighted by Crippen LogP contribution is 2.27. The molecule has 120 valence electrons. The summed E-state index contributed by atoms with van der Waals surface area (Å²) in [6.07, 6.45) is 9.90. The third kappa shape index (κ3) is 3.70. The minimum absolute atomic E-state index is 0.115. The summed E-state index contributed by atoms with van der Waals surface area (Å²) in [4.78, 5) is 12.5. The Kier molecular flexibility index (Phi) is 4.82. The SMILES string of the molecule is NC1(CNC(=O)[C@H]2CCc3ccccc3C2)CCCCCC1. The van der Waals surface area contributed by atoms with Crippen LogP contribution in [-0.4, -0.2) is 18.0 Å². The minimum atomic E-state index is -0.182. The molecule has 1 fully saturated rings. The molecule has 1 amide bonds. The lowest BCUT2D eigenvalue weighted by molar-refractivity contribution is -0.125. The number of nitrogens with one attached hydrogen (secondary N) is 1. The van der Waals surface area contributed by atoms with Gasteiger partial charge in [-0.15, -0.1) is 0 Å². The summed E-state index contributed by atoms with van der Waals surface area (Å²) in [6, 6.07) is 8.50. The first kappa shape index (κ1) is 15.5. The van der Waals surface area contributed by atoms with E-state index in [0.29, 0.717) is 6.54 Å². The van der Waals surface area contributed by atoms with Crippen LogP contribution < -0.4 is 11.1 Å². The quantitative estimate of drug-likeness (QED) is 0.843. The molecular weight excluding hydrogens is 272 g/mol. The van der Waals surface area contributed by atoms with Crippen molar-refractivity contribution in [3.8, 4) is 0 Å². The molecule has 0 aliphatic heterocycles. The molecule has 22 heavy (non-hydrogen) atoms. The van der Waals surface area contributed by atoms with E-state index >= 15 is 0 Å². The fourth-order valence-electron chi connectivity index (χ4n) is 3.94. The summed E-state index contributed by atoms with van der Waals surface area (Å²) in [7, 11) is 0. The molecule has 2 aliphatic carbocycles. The van der Waals surface area contributed by atoms with Crippen LogP contribution in [0.3, 0.4) is 0 Å². The Balaban J connectivity index is 1.54. The number of aryl methyl sites for hydroxylation is 1. The largest absolute Gasteiger partial charge is 0.354 e. The van der Waals surface area contributed by atoms with Crippen molar-refractivity contribution in [2.75, 3.05) is 6.54 Å². The summed E-state index contributed by atoms with van der Waals surface area (Å²) in [5.74, 6) is 0.313. The van der Waals surface area contributed by atoms with Crippen molar-refractivity contribution in [3.63, 3.8) is 0 Å².